The lowest BCUT2D eigenvalue weighted by molar-refractivity contribution is -0.384. The topological polar surface area (TPSA) is 111 Å². The van der Waals surface area contributed by atoms with E-state index in [0.717, 1.165) is 12.8 Å². The summed E-state index contributed by atoms with van der Waals surface area (Å²) < 4.78 is 5.24. The second-order valence-corrected chi connectivity index (χ2v) is 5.41. The molecule has 2 amide bonds. The molecular weight excluding hydrogens is 314 g/mol. The Morgan fingerprint density at radius 2 is 2.00 bits per heavy atom. The molecule has 0 unspecified atom stereocenters. The fourth-order valence-electron chi connectivity index (χ4n) is 2.39. The minimum atomic E-state index is -0.714. The lowest BCUT2D eigenvalue weighted by Gasteiger charge is -2.28. The Labute approximate surface area is 139 Å². The highest BCUT2D eigenvalue weighted by molar-refractivity contribution is 5.95. The smallest absolute Gasteiger partial charge is 0.338 e. The summed E-state index contributed by atoms with van der Waals surface area (Å²) in [5.41, 5.74) is 1.20. The zero-order valence-electron chi connectivity index (χ0n) is 13.5. The van der Waals surface area contributed by atoms with Gasteiger partial charge in [0, 0.05) is 17.8 Å². The van der Waals surface area contributed by atoms with Crippen molar-refractivity contribution in [3.63, 3.8) is 0 Å². The fraction of sp³-hybridized carbons (Fsp3) is 0.375. The number of non-ortho nitro benzene ring substituents is 1. The molecule has 0 fully saturated rings. The van der Waals surface area contributed by atoms with E-state index in [1.807, 2.05) is 6.92 Å². The van der Waals surface area contributed by atoms with Crippen molar-refractivity contribution in [3.05, 3.63) is 51.2 Å². The first-order chi connectivity index (χ1) is 11.4. The maximum Gasteiger partial charge on any atom is 0.338 e. The molecule has 8 heteroatoms. The van der Waals surface area contributed by atoms with Gasteiger partial charge in [-0.05, 0) is 31.0 Å². The van der Waals surface area contributed by atoms with Gasteiger partial charge in [0.15, 0.2) is 0 Å². The van der Waals surface area contributed by atoms with Crippen LogP contribution in [0.25, 0.3) is 0 Å². The molecular formula is C16H19N3O5. The van der Waals surface area contributed by atoms with Crippen molar-refractivity contribution in [1.82, 2.24) is 10.6 Å². The minimum Gasteiger partial charge on any atom is -0.462 e. The fourth-order valence-corrected chi connectivity index (χ4v) is 2.39. The van der Waals surface area contributed by atoms with Crippen LogP contribution in [0.2, 0.25) is 0 Å². The summed E-state index contributed by atoms with van der Waals surface area (Å²) in [6, 6.07) is 4.54. The summed E-state index contributed by atoms with van der Waals surface area (Å²) in [5, 5.41) is 16.0. The van der Waals surface area contributed by atoms with Crippen molar-refractivity contribution in [2.24, 2.45) is 0 Å². The van der Waals surface area contributed by atoms with Gasteiger partial charge in [0.05, 0.1) is 23.1 Å². The van der Waals surface area contributed by atoms with Crippen LogP contribution in [0.3, 0.4) is 0 Å². The van der Waals surface area contributed by atoms with Crippen LogP contribution in [-0.2, 0) is 9.53 Å². The van der Waals surface area contributed by atoms with Gasteiger partial charge >= 0.3 is 12.0 Å². The maximum atomic E-state index is 12.4. The van der Waals surface area contributed by atoms with E-state index in [1.165, 1.54) is 24.3 Å². The second kappa shape index (κ2) is 7.58. The number of ether oxygens (including phenoxy) is 1. The summed E-state index contributed by atoms with van der Waals surface area (Å²) in [4.78, 5) is 34.4. The number of carbonyl (C=O) groups is 2. The molecule has 1 aliphatic rings. The van der Waals surface area contributed by atoms with E-state index in [1.54, 1.807) is 6.92 Å². The van der Waals surface area contributed by atoms with Crippen molar-refractivity contribution in [2.75, 3.05) is 6.61 Å². The zero-order chi connectivity index (χ0) is 17.7. The molecule has 24 heavy (non-hydrogen) atoms. The van der Waals surface area contributed by atoms with Crippen LogP contribution < -0.4 is 10.6 Å². The third-order valence-corrected chi connectivity index (χ3v) is 3.66. The maximum absolute atomic E-state index is 12.4. The van der Waals surface area contributed by atoms with Crippen molar-refractivity contribution in [3.8, 4) is 0 Å². The number of urea groups is 1. The largest absolute Gasteiger partial charge is 0.462 e. The number of amides is 2. The van der Waals surface area contributed by atoms with Crippen LogP contribution in [0.1, 0.15) is 38.3 Å². The Bertz CT molecular complexity index is 681. The first-order valence-electron chi connectivity index (χ1n) is 7.63. The predicted octanol–water partition coefficient (Wildman–Crippen LogP) is 2.57. The van der Waals surface area contributed by atoms with E-state index in [4.69, 9.17) is 4.74 Å². The van der Waals surface area contributed by atoms with Crippen molar-refractivity contribution >= 4 is 17.7 Å². The highest BCUT2D eigenvalue weighted by Gasteiger charge is 2.32. The molecule has 2 N–H and O–H groups in total. The second-order valence-electron chi connectivity index (χ2n) is 5.41. The summed E-state index contributed by atoms with van der Waals surface area (Å²) in [5.74, 6) is -0.517. The number of allylic oxidation sites excluding steroid dienone is 1. The van der Waals surface area contributed by atoms with Crippen LogP contribution >= 0.6 is 0 Å². The van der Waals surface area contributed by atoms with Crippen molar-refractivity contribution < 1.29 is 19.2 Å². The van der Waals surface area contributed by atoms with Gasteiger partial charge in [-0.1, -0.05) is 13.3 Å². The average Bonchev–Trinajstić information content (AvgIpc) is 2.54. The van der Waals surface area contributed by atoms with E-state index in [-0.39, 0.29) is 5.69 Å². The molecule has 0 saturated heterocycles. The van der Waals surface area contributed by atoms with Gasteiger partial charge in [-0.3, -0.25) is 10.1 Å². The number of hydrogen-bond acceptors (Lipinski definition) is 5. The van der Waals surface area contributed by atoms with Crippen molar-refractivity contribution in [2.45, 2.75) is 32.7 Å². The van der Waals surface area contributed by atoms with Crippen LogP contribution in [0.5, 0.6) is 0 Å². The third kappa shape index (κ3) is 3.89. The summed E-state index contributed by atoms with van der Waals surface area (Å²) in [6.45, 7) is 3.90. The number of benzene rings is 1. The first kappa shape index (κ1) is 17.5. The molecule has 2 rings (SSSR count). The molecule has 0 saturated carbocycles. The van der Waals surface area contributed by atoms with Gasteiger partial charge in [0.25, 0.3) is 5.69 Å². The molecule has 128 valence electrons. The van der Waals surface area contributed by atoms with Gasteiger partial charge in [0.2, 0.25) is 0 Å². The Kier molecular flexibility index (Phi) is 5.51. The Hall–Kier alpha value is -2.90. The van der Waals surface area contributed by atoms with Crippen LogP contribution in [0.15, 0.2) is 35.5 Å². The number of nitrogens with one attached hydrogen (secondary N) is 2. The van der Waals surface area contributed by atoms with E-state index < -0.39 is 23.0 Å². The van der Waals surface area contributed by atoms with Gasteiger partial charge in [-0.2, -0.15) is 0 Å². The van der Waals surface area contributed by atoms with Gasteiger partial charge < -0.3 is 15.4 Å². The molecule has 0 aliphatic carbocycles. The number of hydrogen-bond donors (Lipinski definition) is 2. The average molecular weight is 333 g/mol. The predicted molar refractivity (Wildman–Crippen MR) is 86.1 cm³/mol. The number of nitrogens with zero attached hydrogens (tertiary/aromatic N) is 1. The summed E-state index contributed by atoms with van der Waals surface area (Å²) in [6.07, 6.45) is 1.64. The van der Waals surface area contributed by atoms with Gasteiger partial charge in [-0.15, -0.1) is 0 Å². The summed E-state index contributed by atoms with van der Waals surface area (Å²) >= 11 is 0. The van der Waals surface area contributed by atoms with Crippen LogP contribution in [0.4, 0.5) is 10.5 Å². The SMILES string of the molecule is CCCCOC(=O)C1=C(C)NC(=O)N[C@@H]1c1ccc([N+](=O)[O-])cc1. The molecule has 0 aromatic heterocycles. The molecule has 1 atom stereocenters. The summed E-state index contributed by atoms with van der Waals surface area (Å²) in [7, 11) is 0. The molecule has 1 heterocycles. The van der Waals surface area contributed by atoms with Crippen LogP contribution in [-0.4, -0.2) is 23.5 Å². The molecule has 0 radical (unpaired) electrons. The molecule has 0 spiro atoms. The Morgan fingerprint density at radius 1 is 1.33 bits per heavy atom. The van der Waals surface area contributed by atoms with Crippen LogP contribution in [0, 0.1) is 10.1 Å². The lowest BCUT2D eigenvalue weighted by Crippen LogP contribution is -2.45. The number of nitro benzene ring substituents is 1. The zero-order valence-corrected chi connectivity index (χ0v) is 13.5. The monoisotopic (exact) mass is 333 g/mol. The highest BCUT2D eigenvalue weighted by atomic mass is 16.6. The quantitative estimate of drug-likeness (QED) is 0.360. The number of carbonyl (C=O) groups excluding carboxylic acids is 2. The normalized spacial score (nSPS) is 17.1. The molecule has 1 aromatic carbocycles. The van der Waals surface area contributed by atoms with E-state index in [9.17, 15) is 19.7 Å². The molecule has 0 bridgehead atoms. The van der Waals surface area contributed by atoms with Crippen molar-refractivity contribution in [1.29, 1.82) is 0 Å². The number of unbranched alkanes of at least 4 members (excludes halogenated alkanes) is 1. The Balaban J connectivity index is 2.30. The lowest BCUT2D eigenvalue weighted by atomic mass is 9.95. The minimum absolute atomic E-state index is 0.0632. The van der Waals surface area contributed by atoms with E-state index in [2.05, 4.69) is 10.6 Å². The standard InChI is InChI=1S/C16H19N3O5/c1-3-4-9-24-15(20)13-10(2)17-16(21)18-14(13)11-5-7-12(8-6-11)19(22)23/h5-8,14H,3-4,9H2,1-2H3,(H2,17,18,21)/t14-/m1/s1. The third-order valence-electron chi connectivity index (χ3n) is 3.66. The van der Waals surface area contributed by atoms with E-state index in [0.29, 0.717) is 23.4 Å². The molecule has 1 aliphatic heterocycles. The van der Waals surface area contributed by atoms with Gasteiger partial charge in [0.1, 0.15) is 0 Å². The molecule has 1 aromatic rings. The van der Waals surface area contributed by atoms with E-state index >= 15 is 0 Å². The van der Waals surface area contributed by atoms with Gasteiger partial charge in [-0.25, -0.2) is 9.59 Å². The Morgan fingerprint density at radius 3 is 2.58 bits per heavy atom. The number of rotatable bonds is 6. The number of nitro groups is 1. The first-order valence-corrected chi connectivity index (χ1v) is 7.63. The molecule has 8 nitrogen and oxygen atoms in total. The number of esters is 1. The highest BCUT2D eigenvalue weighted by Crippen LogP contribution is 2.28.